The maximum absolute atomic E-state index is 13.0. The first kappa shape index (κ1) is 18.5. The Kier molecular flexibility index (Phi) is 5.05. The standard InChI is InChI=1S/C22H23NO5/c24-19(25)14-28-17-6-3-5-15(12-17)21(26)23-20-18-7-2-1-4-16(18)13-22(20)8-10-27-11-9-22/h1-7,12,20H,8-11,13-14H2,(H,23,26)(H,24,25). The first-order valence-corrected chi connectivity index (χ1v) is 9.48. The quantitative estimate of drug-likeness (QED) is 0.832. The zero-order chi connectivity index (χ0) is 19.6. The molecule has 0 bridgehead atoms. The van der Waals surface area contributed by atoms with Crippen LogP contribution in [0.25, 0.3) is 0 Å². The molecule has 28 heavy (non-hydrogen) atoms. The molecular weight excluding hydrogens is 358 g/mol. The van der Waals surface area contributed by atoms with Crippen molar-refractivity contribution in [2.75, 3.05) is 19.8 Å². The molecule has 1 amide bonds. The number of hydrogen-bond donors (Lipinski definition) is 2. The third-order valence-electron chi connectivity index (χ3n) is 5.74. The van der Waals surface area contributed by atoms with Crippen LogP contribution in [0, 0.1) is 5.41 Å². The van der Waals surface area contributed by atoms with Crippen molar-refractivity contribution in [1.82, 2.24) is 5.32 Å². The minimum absolute atomic E-state index is 0.0188. The Hall–Kier alpha value is -2.86. The lowest BCUT2D eigenvalue weighted by Gasteiger charge is -2.39. The summed E-state index contributed by atoms with van der Waals surface area (Å²) in [6.45, 7) is 0.974. The molecule has 1 aliphatic carbocycles. The number of nitrogens with one attached hydrogen (secondary N) is 1. The van der Waals surface area contributed by atoms with Gasteiger partial charge in [0, 0.05) is 24.2 Å². The molecule has 6 nitrogen and oxygen atoms in total. The largest absolute Gasteiger partial charge is 0.482 e. The second-order valence-corrected chi connectivity index (χ2v) is 7.47. The third-order valence-corrected chi connectivity index (χ3v) is 5.74. The molecule has 2 aliphatic rings. The highest BCUT2D eigenvalue weighted by molar-refractivity contribution is 5.95. The van der Waals surface area contributed by atoms with Crippen molar-refractivity contribution >= 4 is 11.9 Å². The number of aliphatic carboxylic acids is 1. The number of ether oxygens (including phenoxy) is 2. The van der Waals surface area contributed by atoms with Gasteiger partial charge in [0.1, 0.15) is 5.75 Å². The number of carbonyl (C=O) groups excluding carboxylic acids is 1. The summed E-state index contributed by atoms with van der Waals surface area (Å²) in [7, 11) is 0. The van der Waals surface area contributed by atoms with Gasteiger partial charge in [-0.05, 0) is 48.6 Å². The number of carbonyl (C=O) groups is 2. The Morgan fingerprint density at radius 2 is 1.93 bits per heavy atom. The summed E-state index contributed by atoms with van der Waals surface area (Å²) in [5, 5.41) is 12.0. The van der Waals surface area contributed by atoms with Crippen LogP contribution in [0.15, 0.2) is 48.5 Å². The monoisotopic (exact) mass is 381 g/mol. The average Bonchev–Trinajstić information content (AvgIpc) is 2.99. The zero-order valence-electron chi connectivity index (χ0n) is 15.5. The molecule has 1 atom stereocenters. The summed E-state index contributed by atoms with van der Waals surface area (Å²) >= 11 is 0. The summed E-state index contributed by atoms with van der Waals surface area (Å²) in [6.07, 6.45) is 2.77. The van der Waals surface area contributed by atoms with Crippen molar-refractivity contribution in [1.29, 1.82) is 0 Å². The fourth-order valence-electron chi connectivity index (χ4n) is 4.35. The van der Waals surface area contributed by atoms with Crippen molar-refractivity contribution in [3.05, 3.63) is 65.2 Å². The normalized spacial score (nSPS) is 19.8. The van der Waals surface area contributed by atoms with E-state index in [4.69, 9.17) is 14.6 Å². The van der Waals surface area contributed by atoms with Crippen LogP contribution in [0.2, 0.25) is 0 Å². The van der Waals surface area contributed by atoms with Crippen molar-refractivity contribution < 1.29 is 24.2 Å². The molecule has 4 rings (SSSR count). The molecular formula is C22H23NO5. The van der Waals surface area contributed by atoms with Gasteiger partial charge in [-0.1, -0.05) is 30.3 Å². The van der Waals surface area contributed by atoms with Crippen molar-refractivity contribution in [2.24, 2.45) is 5.41 Å². The summed E-state index contributed by atoms with van der Waals surface area (Å²) in [4.78, 5) is 23.7. The van der Waals surface area contributed by atoms with Gasteiger partial charge in [0.15, 0.2) is 6.61 Å². The van der Waals surface area contributed by atoms with Crippen LogP contribution in [0.3, 0.4) is 0 Å². The van der Waals surface area contributed by atoms with E-state index in [1.54, 1.807) is 24.3 Å². The summed E-state index contributed by atoms with van der Waals surface area (Å²) in [6, 6.07) is 14.8. The van der Waals surface area contributed by atoms with E-state index in [1.807, 2.05) is 12.1 Å². The van der Waals surface area contributed by atoms with Gasteiger partial charge in [-0.2, -0.15) is 0 Å². The van der Waals surface area contributed by atoms with E-state index in [1.165, 1.54) is 11.1 Å². The van der Waals surface area contributed by atoms with Gasteiger partial charge in [0.05, 0.1) is 6.04 Å². The molecule has 1 spiro atoms. The molecule has 2 aromatic carbocycles. The number of fused-ring (bicyclic) bond motifs is 1. The van der Waals surface area contributed by atoms with Gasteiger partial charge >= 0.3 is 5.97 Å². The lowest BCUT2D eigenvalue weighted by molar-refractivity contribution is -0.139. The number of hydrogen-bond acceptors (Lipinski definition) is 4. The van der Waals surface area contributed by atoms with E-state index in [0.717, 1.165) is 19.3 Å². The Bertz CT molecular complexity index is 888. The number of amides is 1. The van der Waals surface area contributed by atoms with Crippen molar-refractivity contribution in [2.45, 2.75) is 25.3 Å². The Morgan fingerprint density at radius 3 is 2.71 bits per heavy atom. The fourth-order valence-corrected chi connectivity index (χ4v) is 4.35. The van der Waals surface area contributed by atoms with E-state index < -0.39 is 12.6 Å². The van der Waals surface area contributed by atoms with Gasteiger partial charge < -0.3 is 19.9 Å². The molecule has 1 unspecified atom stereocenters. The number of carboxylic acids is 1. The van der Waals surface area contributed by atoms with Crippen LogP contribution < -0.4 is 10.1 Å². The summed E-state index contributed by atoms with van der Waals surface area (Å²) in [5.41, 5.74) is 2.90. The number of carboxylic acid groups (broad SMARTS) is 1. The zero-order valence-corrected chi connectivity index (χ0v) is 15.5. The minimum Gasteiger partial charge on any atom is -0.482 e. The van der Waals surface area contributed by atoms with Crippen LogP contribution in [-0.4, -0.2) is 36.8 Å². The van der Waals surface area contributed by atoms with Crippen LogP contribution in [0.4, 0.5) is 0 Å². The molecule has 1 heterocycles. The fraction of sp³-hybridized carbons (Fsp3) is 0.364. The predicted molar refractivity (Wildman–Crippen MR) is 102 cm³/mol. The maximum Gasteiger partial charge on any atom is 0.341 e. The van der Waals surface area contributed by atoms with E-state index in [2.05, 4.69) is 17.4 Å². The van der Waals surface area contributed by atoms with Crippen LogP contribution in [0.5, 0.6) is 5.75 Å². The number of rotatable bonds is 5. The Morgan fingerprint density at radius 1 is 1.14 bits per heavy atom. The van der Waals surface area contributed by atoms with Gasteiger partial charge in [-0.3, -0.25) is 4.79 Å². The molecule has 0 saturated carbocycles. The van der Waals surface area contributed by atoms with Crippen LogP contribution >= 0.6 is 0 Å². The minimum atomic E-state index is -1.06. The molecule has 2 N–H and O–H groups in total. The van der Waals surface area contributed by atoms with Crippen molar-refractivity contribution in [3.8, 4) is 5.75 Å². The van der Waals surface area contributed by atoms with E-state index in [9.17, 15) is 9.59 Å². The number of benzene rings is 2. The van der Waals surface area contributed by atoms with E-state index >= 15 is 0 Å². The SMILES string of the molecule is O=C(O)COc1cccc(C(=O)NC2c3ccccc3CC23CCOCC3)c1. The molecule has 6 heteroatoms. The Labute approximate surface area is 163 Å². The highest BCUT2D eigenvalue weighted by atomic mass is 16.5. The molecule has 0 aromatic heterocycles. The van der Waals surface area contributed by atoms with Crippen molar-refractivity contribution in [3.63, 3.8) is 0 Å². The average molecular weight is 381 g/mol. The first-order valence-electron chi connectivity index (χ1n) is 9.48. The molecule has 1 aliphatic heterocycles. The maximum atomic E-state index is 13.0. The molecule has 1 fully saturated rings. The lowest BCUT2D eigenvalue weighted by Crippen LogP contribution is -2.42. The molecule has 2 aromatic rings. The predicted octanol–water partition coefficient (Wildman–Crippen LogP) is 2.97. The van der Waals surface area contributed by atoms with Gasteiger partial charge in [-0.25, -0.2) is 4.79 Å². The summed E-state index contributed by atoms with van der Waals surface area (Å²) < 4.78 is 10.8. The summed E-state index contributed by atoms with van der Waals surface area (Å²) in [5.74, 6) is -0.880. The van der Waals surface area contributed by atoms with E-state index in [0.29, 0.717) is 24.5 Å². The van der Waals surface area contributed by atoms with Gasteiger partial charge in [-0.15, -0.1) is 0 Å². The van der Waals surface area contributed by atoms with Gasteiger partial charge in [0.25, 0.3) is 5.91 Å². The lowest BCUT2D eigenvalue weighted by atomic mass is 9.74. The highest BCUT2D eigenvalue weighted by Gasteiger charge is 2.47. The smallest absolute Gasteiger partial charge is 0.341 e. The van der Waals surface area contributed by atoms with E-state index in [-0.39, 0.29) is 17.4 Å². The molecule has 1 saturated heterocycles. The van der Waals surface area contributed by atoms with Crippen LogP contribution in [-0.2, 0) is 16.0 Å². The molecule has 0 radical (unpaired) electrons. The highest BCUT2D eigenvalue weighted by Crippen LogP contribution is 2.51. The van der Waals surface area contributed by atoms with Gasteiger partial charge in [0.2, 0.25) is 0 Å². The second-order valence-electron chi connectivity index (χ2n) is 7.47. The Balaban J connectivity index is 1.57. The molecule has 146 valence electrons. The topological polar surface area (TPSA) is 84.9 Å². The first-order chi connectivity index (χ1) is 13.6. The third kappa shape index (κ3) is 3.60. The second kappa shape index (κ2) is 7.64. The van der Waals surface area contributed by atoms with Crippen LogP contribution in [0.1, 0.15) is 40.4 Å².